The molecule has 29 heavy (non-hydrogen) atoms. The molecule has 10 heteroatoms. The van der Waals surface area contributed by atoms with Gasteiger partial charge in [-0.2, -0.15) is 4.98 Å². The van der Waals surface area contributed by atoms with Gasteiger partial charge in [-0.25, -0.2) is 0 Å². The lowest BCUT2D eigenvalue weighted by atomic mass is 10.2. The van der Waals surface area contributed by atoms with E-state index in [1.807, 2.05) is 24.3 Å². The molecule has 2 aromatic carbocycles. The number of aromatic nitrogens is 4. The molecule has 0 spiro atoms. The van der Waals surface area contributed by atoms with E-state index in [4.69, 9.17) is 9.26 Å². The highest BCUT2D eigenvalue weighted by Gasteiger charge is 2.11. The van der Waals surface area contributed by atoms with Crippen LogP contribution in [-0.2, 0) is 6.61 Å². The largest absolute Gasteiger partial charge is 0.485 e. The van der Waals surface area contributed by atoms with E-state index >= 15 is 0 Å². The summed E-state index contributed by atoms with van der Waals surface area (Å²) in [7, 11) is 0. The van der Waals surface area contributed by atoms with E-state index in [0.717, 1.165) is 9.24 Å². The topological polar surface area (TPSA) is 103 Å². The second-order valence-corrected chi connectivity index (χ2v) is 7.92. The number of anilines is 1. The van der Waals surface area contributed by atoms with Gasteiger partial charge >= 0.3 is 0 Å². The summed E-state index contributed by atoms with van der Waals surface area (Å²) in [6, 6.07) is 14.4. The summed E-state index contributed by atoms with van der Waals surface area (Å²) in [6.07, 6.45) is 0. The zero-order chi connectivity index (χ0) is 20.1. The minimum atomic E-state index is -0.212. The Labute approximate surface area is 174 Å². The van der Waals surface area contributed by atoms with Crippen molar-refractivity contribution in [1.29, 1.82) is 0 Å². The van der Waals surface area contributed by atoms with E-state index < -0.39 is 0 Å². The molecule has 146 valence electrons. The van der Waals surface area contributed by atoms with Gasteiger partial charge in [0.25, 0.3) is 5.91 Å². The number of carbonyl (C=O) groups is 1. The molecule has 0 bridgehead atoms. The molecule has 0 saturated heterocycles. The number of aryl methyl sites for hydroxylation is 1. The second kappa shape index (κ2) is 8.84. The maximum Gasteiger partial charge on any atom is 0.255 e. The van der Waals surface area contributed by atoms with Crippen LogP contribution >= 0.6 is 23.1 Å². The van der Waals surface area contributed by atoms with Crippen molar-refractivity contribution in [1.82, 2.24) is 20.3 Å². The van der Waals surface area contributed by atoms with E-state index in [1.54, 1.807) is 36.7 Å². The molecular weight excluding hydrogens is 410 g/mol. The first-order valence-electron chi connectivity index (χ1n) is 8.54. The zero-order valence-corrected chi connectivity index (χ0v) is 16.9. The number of nitrogens with zero attached hydrogens (tertiary/aromatic N) is 4. The van der Waals surface area contributed by atoms with Crippen molar-refractivity contribution in [3.63, 3.8) is 0 Å². The molecular formula is C19H15N5O3S2. The summed E-state index contributed by atoms with van der Waals surface area (Å²) in [5.74, 6) is 1.35. The average molecular weight is 425 g/mol. The third-order valence-corrected chi connectivity index (χ3v) is 5.58. The first-order valence-corrected chi connectivity index (χ1v) is 10.2. The van der Waals surface area contributed by atoms with E-state index in [-0.39, 0.29) is 12.5 Å². The number of carbonyl (C=O) groups excluding carboxylic acids is 1. The lowest BCUT2D eigenvalue weighted by Gasteiger charge is -2.10. The Morgan fingerprint density at radius 3 is 2.76 bits per heavy atom. The predicted octanol–water partition coefficient (Wildman–Crippen LogP) is 4.21. The Morgan fingerprint density at radius 2 is 2.03 bits per heavy atom. The van der Waals surface area contributed by atoms with Gasteiger partial charge in [0.15, 0.2) is 10.9 Å². The number of rotatable bonds is 7. The van der Waals surface area contributed by atoms with E-state index in [2.05, 4.69) is 25.7 Å². The standard InChI is InChI=1S/C19H15N5O3S2/c1-12-21-17(24-27-12)10-26-14-8-6-13(7-9-14)18(25)22-15-4-2-3-5-16(15)29-19-23-20-11-28-19/h2-9,11H,10H2,1H3,(H,22,25). The molecule has 2 heterocycles. The minimum Gasteiger partial charge on any atom is -0.485 e. The molecule has 8 nitrogen and oxygen atoms in total. The third kappa shape index (κ3) is 4.98. The van der Waals surface area contributed by atoms with Crippen molar-refractivity contribution in [3.05, 3.63) is 71.3 Å². The van der Waals surface area contributed by atoms with Crippen LogP contribution in [0.3, 0.4) is 0 Å². The van der Waals surface area contributed by atoms with Crippen molar-refractivity contribution in [2.45, 2.75) is 22.8 Å². The summed E-state index contributed by atoms with van der Waals surface area (Å²) in [4.78, 5) is 17.6. The van der Waals surface area contributed by atoms with E-state index in [9.17, 15) is 4.79 Å². The number of hydrogen-bond acceptors (Lipinski definition) is 9. The predicted molar refractivity (Wildman–Crippen MR) is 108 cm³/mol. The fraction of sp³-hybridized carbons (Fsp3) is 0.105. The number of amides is 1. The van der Waals surface area contributed by atoms with Gasteiger partial charge < -0.3 is 14.6 Å². The van der Waals surface area contributed by atoms with Gasteiger partial charge in [0.1, 0.15) is 11.3 Å². The molecule has 0 fully saturated rings. The van der Waals surface area contributed by atoms with Crippen molar-refractivity contribution in [2.24, 2.45) is 0 Å². The first kappa shape index (κ1) is 19.1. The molecule has 0 radical (unpaired) electrons. The molecule has 0 atom stereocenters. The summed E-state index contributed by atoms with van der Waals surface area (Å²) in [6.45, 7) is 1.91. The van der Waals surface area contributed by atoms with Crippen LogP contribution in [0.5, 0.6) is 5.75 Å². The Hall–Kier alpha value is -3.24. The maximum atomic E-state index is 12.6. The van der Waals surface area contributed by atoms with Crippen LogP contribution in [0.4, 0.5) is 5.69 Å². The zero-order valence-electron chi connectivity index (χ0n) is 15.2. The third-order valence-electron chi connectivity index (χ3n) is 3.73. The van der Waals surface area contributed by atoms with Crippen LogP contribution in [0.25, 0.3) is 0 Å². The normalized spacial score (nSPS) is 10.7. The Bertz CT molecular complexity index is 1100. The maximum absolute atomic E-state index is 12.6. The van der Waals surface area contributed by atoms with Crippen molar-refractivity contribution in [3.8, 4) is 5.75 Å². The Kier molecular flexibility index (Phi) is 5.82. The molecule has 2 aromatic heterocycles. The van der Waals surface area contributed by atoms with E-state index in [0.29, 0.717) is 28.7 Å². The fourth-order valence-electron chi connectivity index (χ4n) is 2.41. The molecule has 0 aliphatic heterocycles. The van der Waals surface area contributed by atoms with Crippen LogP contribution in [0.15, 0.2) is 67.8 Å². The number of benzene rings is 2. The number of nitrogens with one attached hydrogen (secondary N) is 1. The number of para-hydroxylation sites is 1. The highest BCUT2D eigenvalue weighted by molar-refractivity contribution is 8.01. The Balaban J connectivity index is 1.40. The van der Waals surface area contributed by atoms with Gasteiger partial charge in [-0.1, -0.05) is 40.4 Å². The van der Waals surface area contributed by atoms with E-state index in [1.165, 1.54) is 23.1 Å². The summed E-state index contributed by atoms with van der Waals surface area (Å²) in [5.41, 5.74) is 2.90. The van der Waals surface area contributed by atoms with Gasteiger partial charge in [-0.05, 0) is 36.4 Å². The van der Waals surface area contributed by atoms with Gasteiger partial charge in [0.05, 0.1) is 5.69 Å². The Morgan fingerprint density at radius 1 is 1.21 bits per heavy atom. The first-order chi connectivity index (χ1) is 14.2. The van der Waals surface area contributed by atoms with Crippen molar-refractivity contribution >= 4 is 34.7 Å². The monoisotopic (exact) mass is 425 g/mol. The molecule has 0 unspecified atom stereocenters. The SMILES string of the molecule is Cc1nc(COc2ccc(C(=O)Nc3ccccc3Sc3nncs3)cc2)no1. The molecule has 1 N–H and O–H groups in total. The van der Waals surface area contributed by atoms with Crippen molar-refractivity contribution < 1.29 is 14.1 Å². The molecule has 0 saturated carbocycles. The smallest absolute Gasteiger partial charge is 0.255 e. The van der Waals surface area contributed by atoms with Crippen LogP contribution in [0.2, 0.25) is 0 Å². The van der Waals surface area contributed by atoms with Gasteiger partial charge in [0, 0.05) is 17.4 Å². The number of hydrogen-bond donors (Lipinski definition) is 1. The molecule has 4 rings (SSSR count). The lowest BCUT2D eigenvalue weighted by molar-refractivity contribution is 0.102. The molecule has 0 aliphatic carbocycles. The fourth-order valence-corrected chi connectivity index (χ4v) is 3.93. The van der Waals surface area contributed by atoms with Crippen LogP contribution in [0, 0.1) is 6.92 Å². The highest BCUT2D eigenvalue weighted by atomic mass is 32.2. The van der Waals surface area contributed by atoms with Gasteiger partial charge in [0.2, 0.25) is 11.7 Å². The second-order valence-electron chi connectivity index (χ2n) is 5.80. The average Bonchev–Trinajstić information content (AvgIpc) is 3.40. The molecule has 4 aromatic rings. The molecule has 0 aliphatic rings. The van der Waals surface area contributed by atoms with Gasteiger partial charge in [-0.15, -0.1) is 10.2 Å². The highest BCUT2D eigenvalue weighted by Crippen LogP contribution is 2.34. The van der Waals surface area contributed by atoms with Gasteiger partial charge in [-0.3, -0.25) is 4.79 Å². The van der Waals surface area contributed by atoms with Crippen molar-refractivity contribution in [2.75, 3.05) is 5.32 Å². The summed E-state index contributed by atoms with van der Waals surface area (Å²) < 4.78 is 11.3. The minimum absolute atomic E-state index is 0.194. The van der Waals surface area contributed by atoms with Crippen LogP contribution < -0.4 is 10.1 Å². The van der Waals surface area contributed by atoms with Crippen LogP contribution in [0.1, 0.15) is 22.1 Å². The lowest BCUT2D eigenvalue weighted by Crippen LogP contribution is -2.12. The molecule has 1 amide bonds. The van der Waals surface area contributed by atoms with Crippen LogP contribution in [-0.4, -0.2) is 26.2 Å². The summed E-state index contributed by atoms with van der Waals surface area (Å²) in [5, 5.41) is 14.6. The quantitative estimate of drug-likeness (QED) is 0.470. The number of ether oxygens (including phenoxy) is 1. The summed E-state index contributed by atoms with van der Waals surface area (Å²) >= 11 is 2.90.